The molecule has 1 amide bonds. The Morgan fingerprint density at radius 1 is 1.00 bits per heavy atom. The molecule has 1 aromatic heterocycles. The summed E-state index contributed by atoms with van der Waals surface area (Å²) in [6.07, 6.45) is 0. The number of benzene rings is 3. The smallest absolute Gasteiger partial charge is 0.279 e. The summed E-state index contributed by atoms with van der Waals surface area (Å²) in [5, 5.41) is 0. The molecule has 0 aliphatic rings. The van der Waals surface area contributed by atoms with E-state index in [0.717, 1.165) is 10.2 Å². The molecule has 0 saturated heterocycles. The van der Waals surface area contributed by atoms with Crippen LogP contribution in [0, 0.1) is 0 Å². The summed E-state index contributed by atoms with van der Waals surface area (Å²) in [7, 11) is 0.832. The predicted octanol–water partition coefficient (Wildman–Crippen LogP) is 4.32. The Hall–Kier alpha value is -3.67. The number of anilines is 1. The maximum Gasteiger partial charge on any atom is 0.279 e. The fourth-order valence-corrected chi connectivity index (χ4v) is 6.11. The van der Waals surface area contributed by atoms with Crippen molar-refractivity contribution in [2.75, 3.05) is 38.8 Å². The number of sulfonamides is 1. The van der Waals surface area contributed by atoms with Crippen molar-refractivity contribution < 1.29 is 27.4 Å². The molecule has 3 aromatic carbocycles. The van der Waals surface area contributed by atoms with Crippen LogP contribution in [0.15, 0.2) is 76.6 Å². The second kappa shape index (κ2) is 11.8. The van der Waals surface area contributed by atoms with E-state index in [2.05, 4.69) is 4.99 Å². The summed E-state index contributed by atoms with van der Waals surface area (Å²) < 4.78 is 46.5. The van der Waals surface area contributed by atoms with Crippen molar-refractivity contribution in [2.45, 2.75) is 18.4 Å². The van der Waals surface area contributed by atoms with Crippen molar-refractivity contribution in [3.05, 3.63) is 77.1 Å². The van der Waals surface area contributed by atoms with Gasteiger partial charge in [-0.1, -0.05) is 29.5 Å². The Bertz CT molecular complexity index is 1590. The lowest BCUT2D eigenvalue weighted by Crippen LogP contribution is -2.26. The maximum absolute atomic E-state index is 13.1. The van der Waals surface area contributed by atoms with Crippen molar-refractivity contribution >= 4 is 43.2 Å². The van der Waals surface area contributed by atoms with Gasteiger partial charge in [-0.25, -0.2) is 8.42 Å². The van der Waals surface area contributed by atoms with E-state index in [9.17, 15) is 13.2 Å². The van der Waals surface area contributed by atoms with E-state index < -0.39 is 15.9 Å². The van der Waals surface area contributed by atoms with Crippen molar-refractivity contribution in [2.24, 2.45) is 4.99 Å². The van der Waals surface area contributed by atoms with Gasteiger partial charge in [0.15, 0.2) is 16.3 Å². The number of hydrogen-bond acceptors (Lipinski definition) is 7. The van der Waals surface area contributed by atoms with Gasteiger partial charge >= 0.3 is 0 Å². The minimum Gasteiger partial charge on any atom is -0.493 e. The molecule has 200 valence electrons. The van der Waals surface area contributed by atoms with Crippen LogP contribution in [0.2, 0.25) is 0 Å². The number of aromatic nitrogens is 1. The van der Waals surface area contributed by atoms with Crippen LogP contribution in [0.4, 0.5) is 5.69 Å². The summed E-state index contributed by atoms with van der Waals surface area (Å²) in [5.41, 5.74) is 1.65. The molecule has 0 spiro atoms. The summed E-state index contributed by atoms with van der Waals surface area (Å²) in [6, 6.07) is 18.3. The summed E-state index contributed by atoms with van der Waals surface area (Å²) in [4.78, 5) is 18.1. The number of fused-ring (bicyclic) bond motifs is 1. The Morgan fingerprint density at radius 3 is 2.29 bits per heavy atom. The van der Waals surface area contributed by atoms with Crippen molar-refractivity contribution in [1.29, 1.82) is 0 Å². The van der Waals surface area contributed by atoms with Crippen LogP contribution in [-0.2, 0) is 21.3 Å². The van der Waals surface area contributed by atoms with Gasteiger partial charge in [-0.2, -0.15) is 4.99 Å². The highest BCUT2D eigenvalue weighted by Crippen LogP contribution is 2.33. The molecule has 0 saturated carbocycles. The highest BCUT2D eigenvalue weighted by Gasteiger charge is 2.21. The lowest BCUT2D eigenvalue weighted by atomic mass is 10.2. The zero-order valence-electron chi connectivity index (χ0n) is 21.6. The summed E-state index contributed by atoms with van der Waals surface area (Å²) >= 11 is 1.34. The third kappa shape index (κ3) is 5.59. The summed E-state index contributed by atoms with van der Waals surface area (Å²) in [5.74, 6) is 0.660. The van der Waals surface area contributed by atoms with E-state index in [4.69, 9.17) is 14.2 Å². The number of thiazole rings is 1. The van der Waals surface area contributed by atoms with Gasteiger partial charge in [-0.05, 0) is 43.3 Å². The predicted molar refractivity (Wildman–Crippen MR) is 148 cm³/mol. The number of methoxy groups -OCH3 is 2. The number of amides is 1. The highest BCUT2D eigenvalue weighted by molar-refractivity contribution is 7.92. The molecule has 0 bridgehead atoms. The number of carbonyl (C=O) groups is 1. The SMILES string of the molecule is CCOCCn1c(=NC(=O)c2ccc(S(=O)(=O)N(C)c3ccccc3)cc2)sc2cc(OC)c(OC)cc21. The Labute approximate surface area is 225 Å². The molecule has 1 heterocycles. The monoisotopic (exact) mass is 555 g/mol. The van der Waals surface area contributed by atoms with Gasteiger partial charge in [0.05, 0.1) is 41.6 Å². The molecule has 4 aromatic rings. The quantitative estimate of drug-likeness (QED) is 0.270. The van der Waals surface area contributed by atoms with Gasteiger partial charge in [0.25, 0.3) is 15.9 Å². The van der Waals surface area contributed by atoms with E-state index in [-0.39, 0.29) is 10.5 Å². The normalized spacial score (nSPS) is 12.1. The Morgan fingerprint density at radius 2 is 1.66 bits per heavy atom. The lowest BCUT2D eigenvalue weighted by molar-refractivity contribution is 0.0996. The third-order valence-electron chi connectivity index (χ3n) is 5.93. The maximum atomic E-state index is 13.1. The number of ether oxygens (including phenoxy) is 3. The molecule has 0 aliphatic carbocycles. The standard InChI is InChI=1S/C27H29N3O6S2/c1-5-36-16-15-30-22-17-23(34-3)24(35-4)18-25(22)37-27(30)28-26(31)19-11-13-21(14-12-19)38(32,33)29(2)20-9-7-6-8-10-20/h6-14,17-18H,5,15-16H2,1-4H3. The van der Waals surface area contributed by atoms with E-state index in [0.29, 0.717) is 41.7 Å². The minimum atomic E-state index is -3.79. The molecule has 0 N–H and O–H groups in total. The van der Waals surface area contributed by atoms with Gasteiger partial charge in [-0.15, -0.1) is 0 Å². The first-order chi connectivity index (χ1) is 18.3. The first-order valence-corrected chi connectivity index (χ1v) is 14.1. The van der Waals surface area contributed by atoms with Crippen molar-refractivity contribution in [1.82, 2.24) is 4.57 Å². The van der Waals surface area contributed by atoms with Crippen LogP contribution >= 0.6 is 11.3 Å². The van der Waals surface area contributed by atoms with Crippen LogP contribution in [0.5, 0.6) is 11.5 Å². The second-order valence-electron chi connectivity index (χ2n) is 8.16. The zero-order chi connectivity index (χ0) is 27.3. The van der Waals surface area contributed by atoms with Gasteiger partial charge < -0.3 is 18.8 Å². The van der Waals surface area contributed by atoms with Crippen molar-refractivity contribution in [3.8, 4) is 11.5 Å². The second-order valence-corrected chi connectivity index (χ2v) is 11.1. The van der Waals surface area contributed by atoms with Crippen LogP contribution in [-0.4, -0.2) is 53.4 Å². The van der Waals surface area contributed by atoms with Crippen LogP contribution < -0.4 is 18.6 Å². The van der Waals surface area contributed by atoms with Gasteiger partial charge in [0, 0.05) is 37.9 Å². The molecule has 0 fully saturated rings. The average molecular weight is 556 g/mol. The highest BCUT2D eigenvalue weighted by atomic mass is 32.2. The van der Waals surface area contributed by atoms with E-state index in [1.165, 1.54) is 47.0 Å². The zero-order valence-corrected chi connectivity index (χ0v) is 23.2. The fraction of sp³-hybridized carbons (Fsp3) is 0.259. The van der Waals surface area contributed by atoms with Crippen LogP contribution in [0.1, 0.15) is 17.3 Å². The Kier molecular flexibility index (Phi) is 8.50. The number of hydrogen-bond donors (Lipinski definition) is 0. The third-order valence-corrected chi connectivity index (χ3v) is 8.77. The number of rotatable bonds is 10. The fourth-order valence-electron chi connectivity index (χ4n) is 3.85. The lowest BCUT2D eigenvalue weighted by Gasteiger charge is -2.19. The molecule has 11 heteroatoms. The van der Waals surface area contributed by atoms with Gasteiger partial charge in [0.2, 0.25) is 0 Å². The minimum absolute atomic E-state index is 0.0771. The molecule has 0 atom stereocenters. The van der Waals surface area contributed by atoms with Gasteiger partial charge in [-0.3, -0.25) is 9.10 Å². The number of para-hydroxylation sites is 1. The van der Waals surface area contributed by atoms with Crippen LogP contribution in [0.25, 0.3) is 10.2 Å². The molecule has 0 unspecified atom stereocenters. The molecule has 4 rings (SSSR count). The topological polar surface area (TPSA) is 99.4 Å². The average Bonchev–Trinajstić information content (AvgIpc) is 3.27. The number of carbonyl (C=O) groups excluding carboxylic acids is 1. The molecular weight excluding hydrogens is 526 g/mol. The van der Waals surface area contributed by atoms with Crippen LogP contribution in [0.3, 0.4) is 0 Å². The molecule has 0 aliphatic heterocycles. The summed E-state index contributed by atoms with van der Waals surface area (Å²) in [6.45, 7) is 3.42. The molecule has 9 nitrogen and oxygen atoms in total. The largest absolute Gasteiger partial charge is 0.493 e. The Balaban J connectivity index is 1.68. The van der Waals surface area contributed by atoms with Crippen molar-refractivity contribution in [3.63, 3.8) is 0 Å². The molecule has 38 heavy (non-hydrogen) atoms. The first kappa shape index (κ1) is 27.4. The van der Waals surface area contributed by atoms with E-state index in [1.54, 1.807) is 38.5 Å². The molecular formula is C27H29N3O6S2. The molecule has 0 radical (unpaired) electrons. The first-order valence-electron chi connectivity index (χ1n) is 11.9. The van der Waals surface area contributed by atoms with E-state index in [1.807, 2.05) is 29.7 Å². The van der Waals surface area contributed by atoms with E-state index >= 15 is 0 Å². The number of nitrogens with zero attached hydrogens (tertiary/aromatic N) is 3. The van der Waals surface area contributed by atoms with Gasteiger partial charge in [0.1, 0.15) is 0 Å².